The zero-order valence-electron chi connectivity index (χ0n) is 18.9. The fourth-order valence-electron chi connectivity index (χ4n) is 8.04. The number of carbonyl (C=O) groups excluding carboxylic acids is 1. The Morgan fingerprint density at radius 3 is 2.82 bits per heavy atom. The Bertz CT molecular complexity index is 1500. The Hall–Kier alpha value is -3.27. The number of aromatic nitrogens is 4. The number of aryl methyl sites for hydroxylation is 2. The molecule has 4 aliphatic rings. The lowest BCUT2D eigenvalue weighted by Crippen LogP contribution is -2.74. The molecule has 2 aromatic heterocycles. The molecule has 7 rings (SSSR count). The summed E-state index contributed by atoms with van der Waals surface area (Å²) in [5.41, 5.74) is 6.56. The number of hydrogen-bond donors (Lipinski definition) is 3. The molecular weight excluding hydrogens is 439 g/mol. The van der Waals surface area contributed by atoms with E-state index in [2.05, 4.69) is 15.3 Å². The molecule has 176 valence electrons. The molecule has 9 nitrogen and oxygen atoms in total. The van der Waals surface area contributed by atoms with E-state index in [1.165, 1.54) is 12.1 Å². The summed E-state index contributed by atoms with van der Waals surface area (Å²) in [6.07, 6.45) is 5.27. The third-order valence-electron chi connectivity index (χ3n) is 9.44. The smallest absolute Gasteiger partial charge is 0.330 e. The highest BCUT2D eigenvalue weighted by molar-refractivity contribution is 5.94. The van der Waals surface area contributed by atoms with Gasteiger partial charge in [0.25, 0.3) is 5.91 Å². The lowest BCUT2D eigenvalue weighted by atomic mass is 9.35. The van der Waals surface area contributed by atoms with Gasteiger partial charge in [-0.05, 0) is 68.1 Å². The average molecular weight is 465 g/mol. The standard InChI is InChI=1S/C24H25FN6O3/c1-10-3-13(19(26)32)15(25)5-16(10)28-21-27-9-17-20(29-21)31(22(33)30(17)2)18-11-4-12-7-23(34)8-14(18)24(12,23)6-11/h3,5,9,11-12,14,18,34H,4,6-8H2,1-2H3,(H2,26,32)(H,27,28,29). The molecule has 34 heavy (non-hydrogen) atoms. The summed E-state index contributed by atoms with van der Waals surface area (Å²) in [5, 5.41) is 14.0. The first-order valence-corrected chi connectivity index (χ1v) is 11.7. The number of benzene rings is 1. The van der Waals surface area contributed by atoms with E-state index in [1.54, 1.807) is 24.7 Å². The average Bonchev–Trinajstić information content (AvgIpc) is 3.37. The van der Waals surface area contributed by atoms with Crippen molar-refractivity contribution in [1.29, 1.82) is 0 Å². The van der Waals surface area contributed by atoms with Gasteiger partial charge in [0.15, 0.2) is 5.65 Å². The Labute approximate surface area is 193 Å². The van der Waals surface area contributed by atoms with E-state index in [1.807, 2.05) is 4.57 Å². The van der Waals surface area contributed by atoms with Crippen molar-refractivity contribution in [2.75, 3.05) is 5.32 Å². The zero-order chi connectivity index (χ0) is 23.7. The first-order chi connectivity index (χ1) is 16.1. The number of anilines is 2. The molecule has 6 unspecified atom stereocenters. The summed E-state index contributed by atoms with van der Waals surface area (Å²) in [7, 11) is 1.72. The van der Waals surface area contributed by atoms with Gasteiger partial charge in [-0.3, -0.25) is 13.9 Å². The number of rotatable bonds is 4. The molecule has 2 heterocycles. The minimum absolute atomic E-state index is 0.0183. The molecule has 0 radical (unpaired) electrons. The van der Waals surface area contributed by atoms with Crippen molar-refractivity contribution in [2.24, 2.45) is 36.0 Å². The molecule has 6 atom stereocenters. The van der Waals surface area contributed by atoms with E-state index >= 15 is 0 Å². The maximum absolute atomic E-state index is 14.3. The van der Waals surface area contributed by atoms with E-state index in [-0.39, 0.29) is 28.7 Å². The van der Waals surface area contributed by atoms with Gasteiger partial charge in [-0.25, -0.2) is 14.2 Å². The van der Waals surface area contributed by atoms with Gasteiger partial charge >= 0.3 is 5.69 Å². The van der Waals surface area contributed by atoms with Crippen molar-refractivity contribution in [3.8, 4) is 0 Å². The molecule has 4 fully saturated rings. The van der Waals surface area contributed by atoms with Crippen molar-refractivity contribution in [3.05, 3.63) is 45.8 Å². The quantitative estimate of drug-likeness (QED) is 0.543. The van der Waals surface area contributed by atoms with Crippen molar-refractivity contribution in [2.45, 2.75) is 44.2 Å². The second kappa shape index (κ2) is 6.04. The van der Waals surface area contributed by atoms with Crippen LogP contribution < -0.4 is 16.7 Å². The van der Waals surface area contributed by atoms with Gasteiger partial charge in [0.2, 0.25) is 5.95 Å². The van der Waals surface area contributed by atoms with E-state index in [0.717, 1.165) is 25.7 Å². The molecular formula is C24H25FN6O3. The lowest BCUT2D eigenvalue weighted by molar-refractivity contribution is -0.312. The minimum Gasteiger partial charge on any atom is -0.389 e. The monoisotopic (exact) mass is 464 g/mol. The fourth-order valence-corrected chi connectivity index (χ4v) is 8.04. The highest BCUT2D eigenvalue weighted by atomic mass is 19.1. The number of nitrogens with two attached hydrogens (primary N) is 1. The van der Waals surface area contributed by atoms with Crippen LogP contribution in [0.25, 0.3) is 11.2 Å². The van der Waals surface area contributed by atoms with Crippen LogP contribution in [0.2, 0.25) is 0 Å². The van der Waals surface area contributed by atoms with Crippen LogP contribution in [0.1, 0.15) is 47.6 Å². The predicted molar refractivity (Wildman–Crippen MR) is 121 cm³/mol. The normalized spacial score (nSPS) is 34.6. The molecule has 1 aromatic carbocycles. The fraction of sp³-hybridized carbons (Fsp3) is 0.500. The van der Waals surface area contributed by atoms with Gasteiger partial charge in [0.05, 0.1) is 17.4 Å². The molecule has 4 aliphatic carbocycles. The summed E-state index contributed by atoms with van der Waals surface area (Å²) in [5.74, 6) is -0.0984. The van der Waals surface area contributed by atoms with Crippen molar-refractivity contribution in [1.82, 2.24) is 19.1 Å². The molecule has 4 saturated carbocycles. The Kier molecular flexibility index (Phi) is 3.58. The van der Waals surface area contributed by atoms with Gasteiger partial charge in [0, 0.05) is 24.2 Å². The number of imidazole rings is 1. The van der Waals surface area contributed by atoms with Gasteiger partial charge in [-0.1, -0.05) is 0 Å². The zero-order valence-corrected chi connectivity index (χ0v) is 18.9. The summed E-state index contributed by atoms with van der Waals surface area (Å²) in [6.45, 7) is 1.73. The SMILES string of the molecule is Cc1cc(C(N)=O)c(F)cc1Nc1ncc2c(n1)n(C1C3CC4CC5(O)CC1C45C3)c(=O)n2C. The summed E-state index contributed by atoms with van der Waals surface area (Å²) < 4.78 is 17.7. The summed E-state index contributed by atoms with van der Waals surface area (Å²) in [6, 6.07) is 2.60. The van der Waals surface area contributed by atoms with E-state index in [4.69, 9.17) is 5.73 Å². The number of aliphatic hydroxyl groups is 1. The molecule has 10 heteroatoms. The molecule has 1 spiro atoms. The molecule has 2 bridgehead atoms. The van der Waals surface area contributed by atoms with Crippen LogP contribution in [-0.4, -0.2) is 35.7 Å². The van der Waals surface area contributed by atoms with Crippen LogP contribution >= 0.6 is 0 Å². The molecule has 3 aromatic rings. The second-order valence-electron chi connectivity index (χ2n) is 10.7. The maximum atomic E-state index is 14.3. The molecule has 4 N–H and O–H groups in total. The third-order valence-corrected chi connectivity index (χ3v) is 9.44. The molecule has 0 saturated heterocycles. The maximum Gasteiger partial charge on any atom is 0.330 e. The van der Waals surface area contributed by atoms with Gasteiger partial charge in [0.1, 0.15) is 11.3 Å². The van der Waals surface area contributed by atoms with E-state index in [9.17, 15) is 19.1 Å². The summed E-state index contributed by atoms with van der Waals surface area (Å²) in [4.78, 5) is 33.8. The van der Waals surface area contributed by atoms with Crippen LogP contribution in [0.4, 0.5) is 16.0 Å². The first kappa shape index (κ1) is 20.1. The summed E-state index contributed by atoms with van der Waals surface area (Å²) >= 11 is 0. The number of nitrogens with zero attached hydrogens (tertiary/aromatic N) is 4. The van der Waals surface area contributed by atoms with Crippen LogP contribution in [-0.2, 0) is 7.05 Å². The van der Waals surface area contributed by atoms with Crippen LogP contribution in [0.15, 0.2) is 23.1 Å². The van der Waals surface area contributed by atoms with E-state index < -0.39 is 17.3 Å². The number of halogens is 1. The Morgan fingerprint density at radius 2 is 2.12 bits per heavy atom. The van der Waals surface area contributed by atoms with Crippen molar-refractivity contribution in [3.63, 3.8) is 0 Å². The molecule has 1 amide bonds. The topological polar surface area (TPSA) is 128 Å². The van der Waals surface area contributed by atoms with Gasteiger partial charge < -0.3 is 16.2 Å². The largest absolute Gasteiger partial charge is 0.389 e. The number of hydrogen-bond acceptors (Lipinski definition) is 6. The number of nitrogens with one attached hydrogen (secondary N) is 1. The predicted octanol–water partition coefficient (Wildman–Crippen LogP) is 2.14. The lowest BCUT2D eigenvalue weighted by Gasteiger charge is -2.72. The van der Waals surface area contributed by atoms with Crippen LogP contribution in [0, 0.1) is 35.9 Å². The number of fused-ring (bicyclic) bond motifs is 2. The second-order valence-corrected chi connectivity index (χ2v) is 10.7. The number of amides is 1. The highest BCUT2D eigenvalue weighted by Crippen LogP contribution is 2.85. The van der Waals surface area contributed by atoms with Gasteiger partial charge in [-0.15, -0.1) is 0 Å². The Balaban J connectivity index is 1.30. The first-order valence-electron chi connectivity index (χ1n) is 11.7. The van der Waals surface area contributed by atoms with E-state index in [0.29, 0.717) is 40.2 Å². The number of primary amides is 1. The van der Waals surface area contributed by atoms with Crippen LogP contribution in [0.3, 0.4) is 0 Å². The van der Waals surface area contributed by atoms with Crippen molar-refractivity contribution >= 4 is 28.7 Å². The number of carbonyl (C=O) groups is 1. The minimum atomic E-state index is -0.833. The highest BCUT2D eigenvalue weighted by Gasteiger charge is 2.84. The van der Waals surface area contributed by atoms with Crippen molar-refractivity contribution < 1.29 is 14.3 Å². The molecule has 0 aliphatic heterocycles. The van der Waals surface area contributed by atoms with Crippen LogP contribution in [0.5, 0.6) is 0 Å². The third kappa shape index (κ3) is 2.13. The Morgan fingerprint density at radius 1 is 1.32 bits per heavy atom. The van der Waals surface area contributed by atoms with Gasteiger partial charge in [-0.2, -0.15) is 4.98 Å².